The molecule has 6 rings (SSSR count). The standard InChI is InChI=1S/C29H30N2O5S/c1-20-5-2-3-16-31(20)37(33,34)24-11-8-21(9-12-24)25-7-4-6-23(30-25)18-28(32)29(14-15-29)22-10-13-26-27(17-22)36-19-35-26/h4,6-13,17,20H,2-3,5,14-16,18-19H2,1H3. The summed E-state index contributed by atoms with van der Waals surface area (Å²) in [6.07, 6.45) is 4.72. The summed E-state index contributed by atoms with van der Waals surface area (Å²) in [4.78, 5) is 18.4. The van der Waals surface area contributed by atoms with Crippen LogP contribution >= 0.6 is 0 Å². The van der Waals surface area contributed by atoms with Crippen LogP contribution in [0.5, 0.6) is 11.5 Å². The number of Topliss-reactive ketones (excluding diaryl/α,β-unsaturated/α-hetero) is 1. The van der Waals surface area contributed by atoms with Crippen LogP contribution in [0.15, 0.2) is 65.6 Å². The number of carbonyl (C=O) groups excluding carboxylic acids is 1. The molecule has 0 bridgehead atoms. The number of rotatable bonds is 7. The minimum Gasteiger partial charge on any atom is -0.454 e. The van der Waals surface area contributed by atoms with E-state index in [1.54, 1.807) is 28.6 Å². The molecule has 2 fully saturated rings. The summed E-state index contributed by atoms with van der Waals surface area (Å²) in [5, 5.41) is 0. The highest BCUT2D eigenvalue weighted by Crippen LogP contribution is 2.51. The molecule has 1 unspecified atom stereocenters. The Morgan fingerprint density at radius 1 is 1.03 bits per heavy atom. The molecule has 0 amide bonds. The van der Waals surface area contributed by atoms with E-state index in [-0.39, 0.29) is 25.0 Å². The van der Waals surface area contributed by atoms with Crippen LogP contribution in [0.4, 0.5) is 0 Å². The molecule has 8 heteroatoms. The molecular weight excluding hydrogens is 488 g/mol. The monoisotopic (exact) mass is 518 g/mol. The molecule has 1 atom stereocenters. The number of pyridine rings is 1. The molecule has 1 saturated heterocycles. The molecule has 1 aliphatic carbocycles. The number of ketones is 1. The average Bonchev–Trinajstić information content (AvgIpc) is 3.60. The molecule has 2 aromatic carbocycles. The van der Waals surface area contributed by atoms with Crippen LogP contribution in [0.3, 0.4) is 0 Å². The summed E-state index contributed by atoms with van der Waals surface area (Å²) < 4.78 is 38.8. The number of hydrogen-bond donors (Lipinski definition) is 0. The van der Waals surface area contributed by atoms with Crippen LogP contribution in [0, 0.1) is 0 Å². The number of fused-ring (bicyclic) bond motifs is 1. The third kappa shape index (κ3) is 4.42. The van der Waals surface area contributed by atoms with Gasteiger partial charge >= 0.3 is 0 Å². The molecule has 7 nitrogen and oxygen atoms in total. The van der Waals surface area contributed by atoms with E-state index in [1.807, 2.05) is 43.3 Å². The number of benzene rings is 2. The van der Waals surface area contributed by atoms with Gasteiger partial charge in [0.25, 0.3) is 0 Å². The lowest BCUT2D eigenvalue weighted by Gasteiger charge is -2.32. The molecule has 3 aliphatic rings. The Bertz CT molecular complexity index is 1450. The van der Waals surface area contributed by atoms with E-state index in [2.05, 4.69) is 0 Å². The maximum atomic E-state index is 13.4. The number of aromatic nitrogens is 1. The van der Waals surface area contributed by atoms with E-state index in [0.29, 0.717) is 34.3 Å². The lowest BCUT2D eigenvalue weighted by Crippen LogP contribution is -2.41. The molecule has 3 heterocycles. The normalized spacial score (nSPS) is 20.5. The smallest absolute Gasteiger partial charge is 0.243 e. The third-order valence-electron chi connectivity index (χ3n) is 7.86. The minimum absolute atomic E-state index is 0.0155. The molecule has 2 aliphatic heterocycles. The predicted molar refractivity (Wildman–Crippen MR) is 139 cm³/mol. The quantitative estimate of drug-likeness (QED) is 0.443. The van der Waals surface area contributed by atoms with Crippen LogP contribution in [-0.2, 0) is 26.7 Å². The van der Waals surface area contributed by atoms with Crippen molar-refractivity contribution in [3.05, 3.63) is 71.9 Å². The molecule has 1 saturated carbocycles. The van der Waals surface area contributed by atoms with Gasteiger partial charge in [-0.1, -0.05) is 30.7 Å². The number of piperidine rings is 1. The number of nitrogens with zero attached hydrogens (tertiary/aromatic N) is 2. The molecule has 192 valence electrons. The Kier molecular flexibility index (Phi) is 6.04. The highest BCUT2D eigenvalue weighted by molar-refractivity contribution is 7.89. The molecule has 37 heavy (non-hydrogen) atoms. The van der Waals surface area contributed by atoms with E-state index >= 15 is 0 Å². The van der Waals surface area contributed by atoms with Crippen LogP contribution in [0.1, 0.15) is 50.3 Å². The fraction of sp³-hybridized carbons (Fsp3) is 0.379. The second-order valence-corrected chi connectivity index (χ2v) is 12.1. The van der Waals surface area contributed by atoms with E-state index in [4.69, 9.17) is 14.5 Å². The summed E-state index contributed by atoms with van der Waals surface area (Å²) in [5.74, 6) is 1.55. The van der Waals surface area contributed by atoms with E-state index in [0.717, 1.165) is 43.2 Å². The Balaban J connectivity index is 1.19. The Labute approximate surface area is 217 Å². The maximum Gasteiger partial charge on any atom is 0.243 e. The van der Waals surface area contributed by atoms with Gasteiger partial charge in [0.2, 0.25) is 16.8 Å². The molecule has 0 N–H and O–H groups in total. The first kappa shape index (κ1) is 24.1. The first-order valence-corrected chi connectivity index (χ1v) is 14.3. The van der Waals surface area contributed by atoms with Gasteiger partial charge in [-0.3, -0.25) is 9.78 Å². The molecule has 3 aromatic rings. The van der Waals surface area contributed by atoms with Crippen LogP contribution < -0.4 is 9.47 Å². The summed E-state index contributed by atoms with van der Waals surface area (Å²) >= 11 is 0. The first-order valence-electron chi connectivity index (χ1n) is 12.9. The van der Waals surface area contributed by atoms with Crippen molar-refractivity contribution in [3.8, 4) is 22.8 Å². The number of ether oxygens (including phenoxy) is 2. The minimum atomic E-state index is -3.52. The number of hydrogen-bond acceptors (Lipinski definition) is 6. The molecule has 0 radical (unpaired) electrons. The second kappa shape index (κ2) is 9.26. The molecule has 1 aromatic heterocycles. The van der Waals surface area contributed by atoms with Crippen molar-refractivity contribution < 1.29 is 22.7 Å². The van der Waals surface area contributed by atoms with Crippen LogP contribution in [0.2, 0.25) is 0 Å². The summed E-state index contributed by atoms with van der Waals surface area (Å²) in [6, 6.07) is 18.3. The Hall–Kier alpha value is -3.23. The highest BCUT2D eigenvalue weighted by atomic mass is 32.2. The van der Waals surface area contributed by atoms with Gasteiger partial charge in [0, 0.05) is 30.3 Å². The van der Waals surface area contributed by atoms with Crippen molar-refractivity contribution >= 4 is 15.8 Å². The van der Waals surface area contributed by atoms with Gasteiger partial charge in [0.05, 0.1) is 16.0 Å². The zero-order chi connectivity index (χ0) is 25.6. The van der Waals surface area contributed by atoms with Gasteiger partial charge in [-0.2, -0.15) is 4.31 Å². The van der Waals surface area contributed by atoms with Gasteiger partial charge in [0.15, 0.2) is 11.5 Å². The summed E-state index contributed by atoms with van der Waals surface area (Å²) in [5.41, 5.74) is 2.72. The van der Waals surface area contributed by atoms with Crippen LogP contribution in [0.25, 0.3) is 11.3 Å². The lowest BCUT2D eigenvalue weighted by atomic mass is 9.88. The summed E-state index contributed by atoms with van der Waals surface area (Å²) in [7, 11) is -3.52. The topological polar surface area (TPSA) is 85.8 Å². The lowest BCUT2D eigenvalue weighted by molar-refractivity contribution is -0.120. The van der Waals surface area contributed by atoms with Gasteiger partial charge in [-0.05, 0) is 74.6 Å². The SMILES string of the molecule is CC1CCCCN1S(=O)(=O)c1ccc(-c2cccc(CC(=O)C3(c4ccc5c(c4)OCO5)CC3)n2)cc1. The third-order valence-corrected chi connectivity index (χ3v) is 9.88. The Morgan fingerprint density at radius 2 is 1.81 bits per heavy atom. The van der Waals surface area contributed by atoms with Crippen molar-refractivity contribution in [2.45, 2.75) is 61.8 Å². The van der Waals surface area contributed by atoms with Gasteiger partial charge < -0.3 is 9.47 Å². The second-order valence-electron chi connectivity index (χ2n) is 10.2. The van der Waals surface area contributed by atoms with Crippen LogP contribution in [-0.4, -0.2) is 42.9 Å². The number of sulfonamides is 1. The largest absolute Gasteiger partial charge is 0.454 e. The Morgan fingerprint density at radius 3 is 2.57 bits per heavy atom. The summed E-state index contributed by atoms with van der Waals surface area (Å²) in [6.45, 7) is 2.75. The first-order chi connectivity index (χ1) is 17.9. The fourth-order valence-corrected chi connectivity index (χ4v) is 7.18. The maximum absolute atomic E-state index is 13.4. The van der Waals surface area contributed by atoms with Gasteiger partial charge in [-0.15, -0.1) is 0 Å². The van der Waals surface area contributed by atoms with Crippen molar-refractivity contribution in [2.75, 3.05) is 13.3 Å². The van der Waals surface area contributed by atoms with E-state index in [1.165, 1.54) is 0 Å². The van der Waals surface area contributed by atoms with Crippen molar-refractivity contribution in [3.63, 3.8) is 0 Å². The van der Waals surface area contributed by atoms with Crippen molar-refractivity contribution in [1.82, 2.24) is 9.29 Å². The average molecular weight is 519 g/mol. The van der Waals surface area contributed by atoms with Gasteiger partial charge in [0.1, 0.15) is 5.78 Å². The zero-order valence-corrected chi connectivity index (χ0v) is 21.7. The number of carbonyl (C=O) groups is 1. The van der Waals surface area contributed by atoms with E-state index in [9.17, 15) is 13.2 Å². The molecule has 0 spiro atoms. The zero-order valence-electron chi connectivity index (χ0n) is 20.9. The van der Waals surface area contributed by atoms with Crippen molar-refractivity contribution in [1.29, 1.82) is 0 Å². The predicted octanol–water partition coefficient (Wildman–Crippen LogP) is 4.88. The van der Waals surface area contributed by atoms with Crippen molar-refractivity contribution in [2.24, 2.45) is 0 Å². The van der Waals surface area contributed by atoms with E-state index < -0.39 is 15.4 Å². The molecular formula is C29H30N2O5S. The highest BCUT2D eigenvalue weighted by Gasteiger charge is 2.51. The fourth-order valence-electron chi connectivity index (χ4n) is 5.48. The van der Waals surface area contributed by atoms with Gasteiger partial charge in [-0.25, -0.2) is 8.42 Å².